The molecule has 0 spiro atoms. The van der Waals surface area contributed by atoms with Crippen LogP contribution in [0, 0.1) is 6.42 Å². The zero-order valence-corrected chi connectivity index (χ0v) is 2.78. The zero-order valence-electron chi connectivity index (χ0n) is 2.78. The Morgan fingerprint density at radius 3 is 2.25 bits per heavy atom. The highest BCUT2D eigenvalue weighted by atomic mass is 13.5. The van der Waals surface area contributed by atoms with Crippen molar-refractivity contribution in [1.29, 1.82) is 0 Å². The molecule has 0 unspecified atom stereocenters. The van der Waals surface area contributed by atoms with E-state index in [4.69, 9.17) is 0 Å². The summed E-state index contributed by atoms with van der Waals surface area (Å²) < 4.78 is 0. The van der Waals surface area contributed by atoms with E-state index in [1.807, 2.05) is 6.92 Å². The highest BCUT2D eigenvalue weighted by molar-refractivity contribution is 4.80. The normalized spacial score (nSPS) is 6.25. The van der Waals surface area contributed by atoms with Crippen LogP contribution in [0.1, 0.15) is 6.92 Å². The molecule has 0 atom stereocenters. The van der Waals surface area contributed by atoms with Crippen LogP contribution < -0.4 is 0 Å². The average molecular weight is 54.1 g/mol. The molecular formula is C4H6. The van der Waals surface area contributed by atoms with E-state index in [-0.39, 0.29) is 0 Å². The Kier molecular flexibility index (Phi) is 2.56. The molecule has 0 aliphatic carbocycles. The second-order valence-corrected chi connectivity index (χ2v) is 0.493. The molecule has 0 heterocycles. The Labute approximate surface area is 27.1 Å². The van der Waals surface area contributed by atoms with Crippen molar-refractivity contribution in [2.75, 3.05) is 0 Å². The van der Waals surface area contributed by atoms with Crippen LogP contribution in [0.5, 0.6) is 0 Å². The molecule has 0 N–H and O–H groups in total. The first-order valence-electron chi connectivity index (χ1n) is 1.20. The average Bonchev–Trinajstić information content (AvgIpc) is 1.37. The molecule has 0 amide bonds. The second-order valence-electron chi connectivity index (χ2n) is 0.493. The maximum Gasteiger partial charge on any atom is 0.00442 e. The molecule has 0 bridgehead atoms. The summed E-state index contributed by atoms with van der Waals surface area (Å²) in [4.78, 5) is 0. The lowest BCUT2D eigenvalue weighted by molar-refractivity contribution is 1.57. The SMILES string of the molecule is C=C[C]C. The highest BCUT2D eigenvalue weighted by Gasteiger charge is 1.47. The van der Waals surface area contributed by atoms with E-state index in [0.717, 1.165) is 0 Å². The Bertz CT molecular complexity index is 14.0. The largest absolute Gasteiger partial charge is 0.102 e. The standard InChI is InChI=1S/C4H6/c1-3-4-2/h3H,1H2,2H3. The molecule has 0 rings (SSSR count). The fraction of sp³-hybridized carbons (Fsp3) is 0.250. The van der Waals surface area contributed by atoms with Gasteiger partial charge in [0.05, 0.1) is 0 Å². The minimum Gasteiger partial charge on any atom is -0.102 e. The molecule has 0 heteroatoms. The number of rotatable bonds is 1. The summed E-state index contributed by atoms with van der Waals surface area (Å²) in [6.45, 7) is 5.18. The monoisotopic (exact) mass is 54.0 g/mol. The van der Waals surface area contributed by atoms with Crippen LogP contribution in [0.4, 0.5) is 0 Å². The molecule has 0 aliphatic rings. The molecule has 0 aromatic rings. The van der Waals surface area contributed by atoms with Crippen LogP contribution in [0.15, 0.2) is 12.7 Å². The topological polar surface area (TPSA) is 0 Å². The first-order chi connectivity index (χ1) is 1.91. The van der Waals surface area contributed by atoms with Crippen molar-refractivity contribution in [1.82, 2.24) is 0 Å². The Hall–Kier alpha value is -0.260. The molecule has 0 fully saturated rings. The molecule has 0 aromatic carbocycles. The molecule has 0 saturated carbocycles. The van der Waals surface area contributed by atoms with E-state index in [9.17, 15) is 0 Å². The van der Waals surface area contributed by atoms with Crippen molar-refractivity contribution in [2.45, 2.75) is 6.92 Å². The summed E-state index contributed by atoms with van der Waals surface area (Å²) in [6, 6.07) is 0. The minimum atomic E-state index is 1.62. The summed E-state index contributed by atoms with van der Waals surface area (Å²) in [5.74, 6) is 0. The quantitative estimate of drug-likeness (QED) is 0.423. The molecule has 0 aromatic heterocycles. The van der Waals surface area contributed by atoms with Gasteiger partial charge in [-0.05, 0) is 0 Å². The van der Waals surface area contributed by atoms with Gasteiger partial charge < -0.3 is 0 Å². The maximum atomic E-state index is 3.37. The summed E-state index contributed by atoms with van der Waals surface area (Å²) in [5.41, 5.74) is 0. The van der Waals surface area contributed by atoms with Crippen LogP contribution in [0.25, 0.3) is 0 Å². The van der Waals surface area contributed by atoms with E-state index in [0.29, 0.717) is 0 Å². The molecule has 2 radical (unpaired) electrons. The van der Waals surface area contributed by atoms with E-state index in [1.54, 1.807) is 6.08 Å². The van der Waals surface area contributed by atoms with Crippen LogP contribution in [-0.4, -0.2) is 0 Å². The lowest BCUT2D eigenvalue weighted by Crippen LogP contribution is -1.39. The van der Waals surface area contributed by atoms with Crippen LogP contribution >= 0.6 is 0 Å². The zero-order chi connectivity index (χ0) is 3.41. The van der Waals surface area contributed by atoms with Crippen molar-refractivity contribution >= 4 is 0 Å². The smallest absolute Gasteiger partial charge is 0.00442 e. The fourth-order valence-corrected chi connectivity index (χ4v) is 0. The van der Waals surface area contributed by atoms with Crippen molar-refractivity contribution < 1.29 is 0 Å². The molecule has 0 aliphatic heterocycles. The first-order valence-corrected chi connectivity index (χ1v) is 1.20. The number of hydrogen-bond donors (Lipinski definition) is 0. The summed E-state index contributed by atoms with van der Waals surface area (Å²) in [6.07, 6.45) is 4.32. The third-order valence-electron chi connectivity index (χ3n) is 0.204. The summed E-state index contributed by atoms with van der Waals surface area (Å²) in [7, 11) is 0. The van der Waals surface area contributed by atoms with Gasteiger partial charge in [-0.2, -0.15) is 0 Å². The number of allylic oxidation sites excluding steroid dienone is 1. The molecule has 0 saturated heterocycles. The van der Waals surface area contributed by atoms with E-state index in [2.05, 4.69) is 13.0 Å². The molecular weight excluding hydrogens is 48.0 g/mol. The first kappa shape index (κ1) is 3.74. The van der Waals surface area contributed by atoms with Gasteiger partial charge >= 0.3 is 0 Å². The molecule has 22 valence electrons. The van der Waals surface area contributed by atoms with Gasteiger partial charge in [-0.3, -0.25) is 0 Å². The lowest BCUT2D eigenvalue weighted by atomic mass is 10.5. The fourth-order valence-electron chi connectivity index (χ4n) is 0. The van der Waals surface area contributed by atoms with Gasteiger partial charge in [0.2, 0.25) is 0 Å². The van der Waals surface area contributed by atoms with E-state index < -0.39 is 0 Å². The third-order valence-corrected chi connectivity index (χ3v) is 0.204. The van der Waals surface area contributed by atoms with Gasteiger partial charge in [-0.15, -0.1) is 6.58 Å². The minimum absolute atomic E-state index is 1.62. The summed E-state index contributed by atoms with van der Waals surface area (Å²) >= 11 is 0. The van der Waals surface area contributed by atoms with E-state index in [1.165, 1.54) is 0 Å². The predicted octanol–water partition coefficient (Wildman–Crippen LogP) is 1.27. The van der Waals surface area contributed by atoms with Crippen molar-refractivity contribution in [3.8, 4) is 0 Å². The van der Waals surface area contributed by atoms with Crippen LogP contribution in [-0.2, 0) is 0 Å². The maximum absolute atomic E-state index is 3.37. The lowest BCUT2D eigenvalue weighted by Gasteiger charge is -1.55. The van der Waals surface area contributed by atoms with Gasteiger partial charge in [0.25, 0.3) is 0 Å². The predicted molar refractivity (Wildman–Crippen MR) is 19.1 cm³/mol. The Balaban J connectivity index is 2.30. The Morgan fingerprint density at radius 1 is 2.00 bits per heavy atom. The molecule has 4 heavy (non-hydrogen) atoms. The van der Waals surface area contributed by atoms with E-state index >= 15 is 0 Å². The van der Waals surface area contributed by atoms with Gasteiger partial charge in [-0.25, -0.2) is 0 Å². The van der Waals surface area contributed by atoms with Crippen molar-refractivity contribution in [3.63, 3.8) is 0 Å². The second kappa shape index (κ2) is 2.74. The highest BCUT2D eigenvalue weighted by Crippen LogP contribution is 1.63. The van der Waals surface area contributed by atoms with Gasteiger partial charge in [0.15, 0.2) is 0 Å². The van der Waals surface area contributed by atoms with Crippen LogP contribution in [0.3, 0.4) is 0 Å². The molecule has 0 nitrogen and oxygen atoms in total. The van der Waals surface area contributed by atoms with Crippen LogP contribution in [0.2, 0.25) is 0 Å². The summed E-state index contributed by atoms with van der Waals surface area (Å²) in [5, 5.41) is 0. The van der Waals surface area contributed by atoms with Gasteiger partial charge in [0, 0.05) is 6.42 Å². The Morgan fingerprint density at radius 2 is 2.25 bits per heavy atom. The van der Waals surface area contributed by atoms with Gasteiger partial charge in [-0.1, -0.05) is 13.0 Å². The van der Waals surface area contributed by atoms with Crippen molar-refractivity contribution in [3.05, 3.63) is 19.1 Å². The number of hydrogen-bond acceptors (Lipinski definition) is 0. The van der Waals surface area contributed by atoms with Crippen molar-refractivity contribution in [2.24, 2.45) is 0 Å². The third kappa shape index (κ3) is 1.74. The van der Waals surface area contributed by atoms with Gasteiger partial charge in [0.1, 0.15) is 0 Å².